The van der Waals surface area contributed by atoms with Crippen LogP contribution in [0.3, 0.4) is 0 Å². The SMILES string of the molecule is C1CC[NH2+]CC1.CC(=O)C1=C(C)NC(=S)C(=C=[N-])C1c1cccc(Cl)c1. The van der Waals surface area contributed by atoms with Crippen LogP contribution in [0, 0.1) is 0 Å². The summed E-state index contributed by atoms with van der Waals surface area (Å²) in [6.07, 6.45) is 4.36. The van der Waals surface area contributed by atoms with Crippen molar-refractivity contribution in [2.24, 2.45) is 0 Å². The Morgan fingerprint density at radius 3 is 2.50 bits per heavy atom. The molecule has 0 spiro atoms. The van der Waals surface area contributed by atoms with E-state index in [0.717, 1.165) is 5.56 Å². The molecule has 0 aliphatic carbocycles. The van der Waals surface area contributed by atoms with Crippen LogP contribution >= 0.6 is 23.8 Å². The molecule has 1 unspecified atom stereocenters. The van der Waals surface area contributed by atoms with Gasteiger partial charge in [0, 0.05) is 27.8 Å². The number of rotatable bonds is 2. The Balaban J connectivity index is 0.000000342. The molecule has 138 valence electrons. The summed E-state index contributed by atoms with van der Waals surface area (Å²) in [5.41, 5.74) is 2.41. The molecule has 3 rings (SSSR count). The molecule has 0 bridgehead atoms. The molecular weight excluding hydrogens is 366 g/mol. The number of carbonyl (C=O) groups excluding carboxylic acids is 1. The Morgan fingerprint density at radius 1 is 1.35 bits per heavy atom. The van der Waals surface area contributed by atoms with Gasteiger partial charge in [-0.3, -0.25) is 10.7 Å². The molecule has 0 radical (unpaired) electrons. The molecule has 2 heterocycles. The zero-order chi connectivity index (χ0) is 19.1. The van der Waals surface area contributed by atoms with Crippen molar-refractivity contribution in [1.82, 2.24) is 5.32 Å². The fraction of sp³-hybridized carbons (Fsp3) is 0.400. The summed E-state index contributed by atoms with van der Waals surface area (Å²) >= 11 is 11.2. The molecule has 0 saturated carbocycles. The molecule has 2 aliphatic rings. The van der Waals surface area contributed by atoms with E-state index >= 15 is 0 Å². The van der Waals surface area contributed by atoms with Gasteiger partial charge in [0.05, 0.1) is 13.1 Å². The number of allylic oxidation sites excluding steroid dienone is 2. The van der Waals surface area contributed by atoms with E-state index in [1.807, 2.05) is 6.07 Å². The smallest absolute Gasteiger partial charge is 0.158 e. The van der Waals surface area contributed by atoms with Crippen LogP contribution in [0.1, 0.15) is 44.6 Å². The molecule has 0 aromatic heterocycles. The van der Waals surface area contributed by atoms with Gasteiger partial charge in [0.1, 0.15) is 4.99 Å². The standard InChI is InChI=1S/C15H12ClN2OS.C5H11N/c1-8-13(9(2)19)14(12(7-17)15(20)18-8)10-4-3-5-11(16)6-10;1-2-4-6-5-3-1/h3-6,14H,1-2H3,(H,18,20);6H,1-5H2/q-1;/p+1. The number of carbonyl (C=O) groups is 1. The lowest BCUT2D eigenvalue weighted by Gasteiger charge is -2.30. The second-order valence-corrected chi connectivity index (χ2v) is 7.33. The van der Waals surface area contributed by atoms with Crippen molar-refractivity contribution in [2.45, 2.75) is 39.0 Å². The Kier molecular flexibility index (Phi) is 7.73. The fourth-order valence-corrected chi connectivity index (χ4v) is 3.81. The predicted octanol–water partition coefficient (Wildman–Crippen LogP) is 3.12. The van der Waals surface area contributed by atoms with E-state index < -0.39 is 5.92 Å². The zero-order valence-corrected chi connectivity index (χ0v) is 16.7. The van der Waals surface area contributed by atoms with E-state index in [1.54, 1.807) is 25.1 Å². The number of thiocarbonyl (C=S) groups is 1. The molecule has 1 aromatic rings. The molecule has 1 aromatic carbocycles. The lowest BCUT2D eigenvalue weighted by Crippen LogP contribution is -2.85. The third-order valence-corrected chi connectivity index (χ3v) is 5.08. The maximum absolute atomic E-state index is 11.9. The minimum Gasteiger partial charge on any atom is -0.763 e. The van der Waals surface area contributed by atoms with Crippen molar-refractivity contribution in [3.8, 4) is 0 Å². The van der Waals surface area contributed by atoms with Gasteiger partial charge in [-0.25, -0.2) is 0 Å². The molecule has 4 nitrogen and oxygen atoms in total. The number of nitrogens with two attached hydrogens (primary N) is 1. The van der Waals surface area contributed by atoms with Crippen molar-refractivity contribution in [3.63, 3.8) is 0 Å². The Hall–Kier alpha value is -1.78. The van der Waals surface area contributed by atoms with Crippen LogP contribution in [-0.2, 0) is 4.79 Å². The van der Waals surface area contributed by atoms with Crippen LogP contribution in [0.25, 0.3) is 5.41 Å². The number of benzene rings is 1. The van der Waals surface area contributed by atoms with Crippen molar-refractivity contribution in [2.75, 3.05) is 13.1 Å². The summed E-state index contributed by atoms with van der Waals surface area (Å²) in [5, 5.41) is 15.2. The molecule has 1 saturated heterocycles. The van der Waals surface area contributed by atoms with Gasteiger partial charge in [-0.2, -0.15) is 0 Å². The van der Waals surface area contributed by atoms with E-state index in [1.165, 1.54) is 39.3 Å². The first-order valence-corrected chi connectivity index (χ1v) is 9.61. The second kappa shape index (κ2) is 9.79. The summed E-state index contributed by atoms with van der Waals surface area (Å²) in [6, 6.07) is 7.15. The quantitative estimate of drug-likeness (QED) is 0.464. The van der Waals surface area contributed by atoms with Crippen molar-refractivity contribution in [3.05, 3.63) is 57.1 Å². The molecule has 1 atom stereocenters. The maximum atomic E-state index is 11.9. The van der Waals surface area contributed by atoms with Gasteiger partial charge in [-0.1, -0.05) is 36.0 Å². The lowest BCUT2D eigenvalue weighted by atomic mass is 9.80. The van der Waals surface area contributed by atoms with E-state index in [4.69, 9.17) is 23.8 Å². The van der Waals surface area contributed by atoms with Gasteiger partial charge in [0.15, 0.2) is 5.78 Å². The average molecular weight is 390 g/mol. The van der Waals surface area contributed by atoms with E-state index in [2.05, 4.69) is 16.5 Å². The number of quaternary nitrogens is 1. The van der Waals surface area contributed by atoms with Crippen LogP contribution in [0.2, 0.25) is 5.02 Å². The highest BCUT2D eigenvalue weighted by Gasteiger charge is 2.31. The second-order valence-electron chi connectivity index (χ2n) is 6.49. The van der Waals surface area contributed by atoms with Crippen molar-refractivity contribution >= 4 is 40.5 Å². The van der Waals surface area contributed by atoms with Gasteiger partial charge in [0.25, 0.3) is 0 Å². The Bertz CT molecular complexity index is 766. The first-order chi connectivity index (χ1) is 12.5. The number of piperidine rings is 1. The summed E-state index contributed by atoms with van der Waals surface area (Å²) in [6.45, 7) is 6.02. The number of hydrogen-bond acceptors (Lipinski definition) is 2. The third kappa shape index (κ3) is 5.12. The van der Waals surface area contributed by atoms with Crippen molar-refractivity contribution in [1.29, 1.82) is 0 Å². The number of nitrogens with zero attached hydrogens (tertiary/aromatic N) is 1. The van der Waals surface area contributed by atoms with Crippen LogP contribution in [-0.4, -0.2) is 29.7 Å². The van der Waals surface area contributed by atoms with Gasteiger partial charge in [0.2, 0.25) is 0 Å². The monoisotopic (exact) mass is 389 g/mol. The summed E-state index contributed by atoms with van der Waals surface area (Å²) < 4.78 is 0. The normalized spacial score (nSPS) is 19.9. The van der Waals surface area contributed by atoms with Crippen LogP contribution < -0.4 is 10.6 Å². The average Bonchev–Trinajstić information content (AvgIpc) is 2.62. The van der Waals surface area contributed by atoms with E-state index in [-0.39, 0.29) is 5.78 Å². The summed E-state index contributed by atoms with van der Waals surface area (Å²) in [4.78, 5) is 12.3. The summed E-state index contributed by atoms with van der Waals surface area (Å²) in [7, 11) is 0. The Morgan fingerprint density at radius 2 is 2.04 bits per heavy atom. The fourth-order valence-electron chi connectivity index (χ4n) is 3.30. The topological polar surface area (TPSA) is 68.0 Å². The van der Waals surface area contributed by atoms with Gasteiger partial charge in [-0.05, 0) is 50.8 Å². The minimum atomic E-state index is -0.454. The number of ketones is 1. The number of Topliss-reactive ketones (excluding diaryl/α,β-unsaturated/α-hetero) is 1. The van der Waals surface area contributed by atoms with E-state index in [9.17, 15) is 10.2 Å². The van der Waals surface area contributed by atoms with Gasteiger partial charge >= 0.3 is 0 Å². The Labute approximate surface area is 165 Å². The zero-order valence-electron chi connectivity index (χ0n) is 15.1. The number of halogens is 1. The molecule has 6 heteroatoms. The minimum absolute atomic E-state index is 0.0878. The number of nitrogens with one attached hydrogen (secondary N) is 1. The maximum Gasteiger partial charge on any atom is 0.158 e. The number of hydrogen-bond donors (Lipinski definition) is 2. The highest BCUT2D eigenvalue weighted by atomic mass is 35.5. The van der Waals surface area contributed by atoms with Crippen LogP contribution in [0.15, 0.2) is 41.1 Å². The lowest BCUT2D eigenvalue weighted by molar-refractivity contribution is -0.662. The third-order valence-electron chi connectivity index (χ3n) is 4.53. The highest BCUT2D eigenvalue weighted by molar-refractivity contribution is 7.80. The molecular formula is C20H24ClN3OS. The predicted molar refractivity (Wildman–Crippen MR) is 111 cm³/mol. The molecule has 26 heavy (non-hydrogen) atoms. The largest absolute Gasteiger partial charge is 0.763 e. The molecule has 1 fully saturated rings. The highest BCUT2D eigenvalue weighted by Crippen LogP contribution is 2.37. The van der Waals surface area contributed by atoms with Gasteiger partial charge in [-0.15, -0.1) is 0 Å². The van der Waals surface area contributed by atoms with Crippen molar-refractivity contribution < 1.29 is 10.1 Å². The van der Waals surface area contributed by atoms with Crippen LogP contribution in [0.5, 0.6) is 0 Å². The van der Waals surface area contributed by atoms with Crippen LogP contribution in [0.4, 0.5) is 0 Å². The van der Waals surface area contributed by atoms with Gasteiger partial charge < -0.3 is 16.0 Å². The summed E-state index contributed by atoms with van der Waals surface area (Å²) in [5.74, 6) is 1.57. The molecule has 3 N–H and O–H groups in total. The molecule has 2 aliphatic heterocycles. The first-order valence-electron chi connectivity index (χ1n) is 8.82. The molecule has 0 amide bonds. The van der Waals surface area contributed by atoms with E-state index in [0.29, 0.717) is 26.9 Å². The first kappa shape index (κ1) is 20.5.